The van der Waals surface area contributed by atoms with E-state index >= 15 is 0 Å². The molecule has 0 aliphatic rings. The molecule has 0 aromatic heterocycles. The van der Waals surface area contributed by atoms with Gasteiger partial charge in [0.05, 0.1) is 22.0 Å². The molecule has 8 nitrogen and oxygen atoms in total. The second-order valence-corrected chi connectivity index (χ2v) is 9.50. The lowest BCUT2D eigenvalue weighted by Gasteiger charge is -2.17. The number of non-ortho nitro benzene ring substituents is 1. The molecule has 5 aromatic carbocycles. The zero-order valence-corrected chi connectivity index (χ0v) is 21.9. The van der Waals surface area contributed by atoms with E-state index in [0.717, 1.165) is 39.1 Å². The molecule has 198 valence electrons. The van der Waals surface area contributed by atoms with Crippen LogP contribution >= 0.6 is 0 Å². The first kappa shape index (κ1) is 26.2. The number of nitro benzene ring substituents is 2. The number of aliphatic imine (C=N–C) groups is 1. The minimum Gasteiger partial charge on any atom is -0.349 e. The highest BCUT2D eigenvalue weighted by Crippen LogP contribution is 2.39. The van der Waals surface area contributed by atoms with E-state index in [4.69, 9.17) is 4.99 Å². The summed E-state index contributed by atoms with van der Waals surface area (Å²) in [4.78, 5) is 27.6. The van der Waals surface area contributed by atoms with Crippen molar-refractivity contribution < 1.29 is 9.85 Å². The Morgan fingerprint density at radius 2 is 1.38 bits per heavy atom. The normalized spacial score (nSPS) is 11.3. The molecular formula is C32H26N4O4. The molecule has 5 aromatic rings. The standard InChI is InChI=1S/C32H26N4O4/c1-21-10-9-15-23-17-16-22(2)30(29(21)23)34-32-26(18-27(35(37)38)19-28(32)36(39)40)20-33-31(24-11-5-3-6-12-24)25-13-7-4-8-14-25/h3-20,31,34H,1-2H3. The average molecular weight is 531 g/mol. The molecule has 0 radical (unpaired) electrons. The third kappa shape index (κ3) is 5.28. The highest BCUT2D eigenvalue weighted by molar-refractivity contribution is 6.02. The van der Waals surface area contributed by atoms with Gasteiger partial charge in [0, 0.05) is 28.9 Å². The summed E-state index contributed by atoms with van der Waals surface area (Å²) < 4.78 is 0. The van der Waals surface area contributed by atoms with E-state index in [9.17, 15) is 20.2 Å². The molecule has 0 atom stereocenters. The fourth-order valence-electron chi connectivity index (χ4n) is 4.86. The highest BCUT2D eigenvalue weighted by Gasteiger charge is 2.25. The molecule has 0 heterocycles. The SMILES string of the molecule is Cc1ccc2cccc(C)c2c1Nc1c(C=NC(c2ccccc2)c2ccccc2)cc([N+](=O)[O-])cc1[N+](=O)[O-]. The number of aryl methyl sites for hydroxylation is 2. The van der Waals surface area contributed by atoms with Gasteiger partial charge in [-0.05, 0) is 41.5 Å². The zero-order chi connectivity index (χ0) is 28.2. The Morgan fingerprint density at radius 1 is 0.725 bits per heavy atom. The highest BCUT2D eigenvalue weighted by atomic mass is 16.6. The van der Waals surface area contributed by atoms with Crippen LogP contribution in [0, 0.1) is 34.1 Å². The predicted octanol–water partition coefficient (Wildman–Crippen LogP) is 8.23. The van der Waals surface area contributed by atoms with Crippen LogP contribution in [0.1, 0.15) is 33.9 Å². The van der Waals surface area contributed by atoms with E-state index in [1.165, 1.54) is 12.3 Å². The molecule has 40 heavy (non-hydrogen) atoms. The maximum Gasteiger partial charge on any atom is 0.300 e. The fourth-order valence-corrected chi connectivity index (χ4v) is 4.86. The first-order chi connectivity index (χ1) is 19.3. The van der Waals surface area contributed by atoms with Gasteiger partial charge in [-0.1, -0.05) is 91.0 Å². The molecule has 1 N–H and O–H groups in total. The molecule has 0 unspecified atom stereocenters. The third-order valence-electron chi connectivity index (χ3n) is 6.85. The minimum absolute atomic E-state index is 0.137. The van der Waals surface area contributed by atoms with E-state index in [1.54, 1.807) is 0 Å². The van der Waals surface area contributed by atoms with E-state index < -0.39 is 21.6 Å². The molecule has 8 heteroatoms. The summed E-state index contributed by atoms with van der Waals surface area (Å²) in [6, 6.07) is 31.0. The molecule has 0 saturated heterocycles. The van der Waals surface area contributed by atoms with Gasteiger partial charge in [0.1, 0.15) is 5.69 Å². The smallest absolute Gasteiger partial charge is 0.300 e. The summed E-state index contributed by atoms with van der Waals surface area (Å²) in [5.41, 5.74) is 3.99. The van der Waals surface area contributed by atoms with E-state index in [0.29, 0.717) is 5.69 Å². The molecule has 0 aliphatic carbocycles. The van der Waals surface area contributed by atoms with E-state index in [-0.39, 0.29) is 16.9 Å². The maximum absolute atomic E-state index is 12.2. The molecule has 0 saturated carbocycles. The summed E-state index contributed by atoms with van der Waals surface area (Å²) in [6.45, 7) is 3.89. The van der Waals surface area contributed by atoms with E-state index in [2.05, 4.69) is 5.32 Å². The van der Waals surface area contributed by atoms with Crippen LogP contribution in [0.25, 0.3) is 10.8 Å². The van der Waals surface area contributed by atoms with Gasteiger partial charge in [-0.3, -0.25) is 25.2 Å². The van der Waals surface area contributed by atoms with Crippen LogP contribution in [-0.2, 0) is 0 Å². The number of anilines is 2. The number of nitrogens with zero attached hydrogens (tertiary/aromatic N) is 3. The van der Waals surface area contributed by atoms with E-state index in [1.807, 2.05) is 105 Å². The summed E-state index contributed by atoms with van der Waals surface area (Å²) in [5, 5.41) is 29.2. The van der Waals surface area contributed by atoms with Gasteiger partial charge in [0.25, 0.3) is 11.4 Å². The molecular weight excluding hydrogens is 504 g/mol. The fraction of sp³-hybridized carbons (Fsp3) is 0.0938. The maximum atomic E-state index is 12.2. The topological polar surface area (TPSA) is 111 Å². The van der Waals surface area contributed by atoms with Crippen LogP contribution in [0.4, 0.5) is 22.7 Å². The van der Waals surface area contributed by atoms with Crippen LogP contribution in [0.5, 0.6) is 0 Å². The summed E-state index contributed by atoms with van der Waals surface area (Å²) >= 11 is 0. The second kappa shape index (κ2) is 11.2. The van der Waals surface area contributed by atoms with Gasteiger partial charge in [-0.2, -0.15) is 0 Å². The van der Waals surface area contributed by atoms with Crippen molar-refractivity contribution in [3.63, 3.8) is 0 Å². The number of hydrogen-bond donors (Lipinski definition) is 1. The molecule has 0 aliphatic heterocycles. The van der Waals surface area contributed by atoms with Gasteiger partial charge in [0.2, 0.25) is 0 Å². The van der Waals surface area contributed by atoms with Gasteiger partial charge in [-0.25, -0.2) is 0 Å². The van der Waals surface area contributed by atoms with Crippen molar-refractivity contribution >= 4 is 39.7 Å². The first-order valence-corrected chi connectivity index (χ1v) is 12.7. The van der Waals surface area contributed by atoms with Crippen molar-refractivity contribution in [3.05, 3.63) is 151 Å². The van der Waals surface area contributed by atoms with Gasteiger partial charge >= 0.3 is 0 Å². The summed E-state index contributed by atoms with van der Waals surface area (Å²) in [6.07, 6.45) is 1.49. The lowest BCUT2D eigenvalue weighted by molar-refractivity contribution is -0.393. The second-order valence-electron chi connectivity index (χ2n) is 9.50. The quantitative estimate of drug-likeness (QED) is 0.123. The Balaban J connectivity index is 1.71. The van der Waals surface area contributed by atoms with Crippen LogP contribution in [-0.4, -0.2) is 16.1 Å². The molecule has 0 spiro atoms. The zero-order valence-electron chi connectivity index (χ0n) is 21.9. The van der Waals surface area contributed by atoms with Crippen LogP contribution < -0.4 is 5.32 Å². The monoisotopic (exact) mass is 530 g/mol. The largest absolute Gasteiger partial charge is 0.349 e. The van der Waals surface area contributed by atoms with Crippen molar-refractivity contribution in [1.29, 1.82) is 0 Å². The van der Waals surface area contributed by atoms with Crippen molar-refractivity contribution in [2.75, 3.05) is 5.32 Å². The lowest BCUT2D eigenvalue weighted by Crippen LogP contribution is -2.06. The Bertz CT molecular complexity index is 1710. The Morgan fingerprint density at radius 3 is 1.98 bits per heavy atom. The van der Waals surface area contributed by atoms with Crippen LogP contribution in [0.2, 0.25) is 0 Å². The number of rotatable bonds is 8. The number of fused-ring (bicyclic) bond motifs is 1. The molecule has 0 fully saturated rings. The average Bonchev–Trinajstić information content (AvgIpc) is 2.96. The van der Waals surface area contributed by atoms with Crippen molar-refractivity contribution in [2.24, 2.45) is 4.99 Å². The van der Waals surface area contributed by atoms with Crippen LogP contribution in [0.3, 0.4) is 0 Å². The van der Waals surface area contributed by atoms with Crippen molar-refractivity contribution in [1.82, 2.24) is 0 Å². The summed E-state index contributed by atoms with van der Waals surface area (Å²) in [7, 11) is 0. The van der Waals surface area contributed by atoms with Crippen molar-refractivity contribution in [3.8, 4) is 0 Å². The number of hydrogen-bond acceptors (Lipinski definition) is 6. The minimum atomic E-state index is -0.632. The number of nitrogens with one attached hydrogen (secondary N) is 1. The van der Waals surface area contributed by atoms with Gasteiger partial charge < -0.3 is 5.32 Å². The number of benzene rings is 5. The van der Waals surface area contributed by atoms with Gasteiger partial charge in [0.15, 0.2) is 0 Å². The summed E-state index contributed by atoms with van der Waals surface area (Å²) in [5.74, 6) is 0. The Labute approximate surface area is 230 Å². The Kier molecular flexibility index (Phi) is 7.33. The van der Waals surface area contributed by atoms with Gasteiger partial charge in [-0.15, -0.1) is 0 Å². The van der Waals surface area contributed by atoms with Crippen LogP contribution in [0.15, 0.2) is 108 Å². The predicted molar refractivity (Wildman–Crippen MR) is 159 cm³/mol. The Hall–Kier alpha value is -5.37. The molecule has 5 rings (SSSR count). The number of nitro groups is 2. The molecule has 0 amide bonds. The third-order valence-corrected chi connectivity index (χ3v) is 6.85. The lowest BCUT2D eigenvalue weighted by atomic mass is 9.99. The van der Waals surface area contributed by atoms with Crippen molar-refractivity contribution in [2.45, 2.75) is 19.9 Å². The molecule has 0 bridgehead atoms. The first-order valence-electron chi connectivity index (χ1n) is 12.7.